The number of benzene rings is 2. The third-order valence-electron chi connectivity index (χ3n) is 5.07. The van der Waals surface area contributed by atoms with Crippen molar-refractivity contribution < 1.29 is 22.1 Å². The van der Waals surface area contributed by atoms with E-state index in [2.05, 4.69) is 15.1 Å². The Labute approximate surface area is 185 Å². The maximum absolute atomic E-state index is 12.5. The summed E-state index contributed by atoms with van der Waals surface area (Å²) in [7, 11) is -2.61. The summed E-state index contributed by atoms with van der Waals surface area (Å²) in [4.78, 5) is 19.4. The van der Waals surface area contributed by atoms with Gasteiger partial charge in [-0.1, -0.05) is 23.8 Å². The molecular weight excluding hydrogens is 432 g/mol. The van der Waals surface area contributed by atoms with Gasteiger partial charge in [0.1, 0.15) is 18.3 Å². The molecule has 0 fully saturated rings. The van der Waals surface area contributed by atoms with Gasteiger partial charge in [0.2, 0.25) is 0 Å². The second kappa shape index (κ2) is 8.93. The summed E-state index contributed by atoms with van der Waals surface area (Å²) in [5.41, 5.74) is 3.55. The van der Waals surface area contributed by atoms with Crippen LogP contribution in [-0.2, 0) is 32.0 Å². The Morgan fingerprint density at radius 2 is 1.94 bits per heavy atom. The predicted molar refractivity (Wildman–Crippen MR) is 117 cm³/mol. The molecule has 0 bridgehead atoms. The smallest absolute Gasteiger partial charge is 0.354 e. The number of carbonyl (C=O) groups excluding carboxylic acids is 1. The fourth-order valence-electron chi connectivity index (χ4n) is 3.46. The van der Waals surface area contributed by atoms with E-state index in [4.69, 9.17) is 8.92 Å². The number of nitrogens with one attached hydrogen (secondary N) is 1. The van der Waals surface area contributed by atoms with E-state index < -0.39 is 16.1 Å². The maximum atomic E-state index is 12.5. The molecule has 0 spiro atoms. The number of hydrogen-bond acceptors (Lipinski definition) is 7. The van der Waals surface area contributed by atoms with Crippen LogP contribution in [0.1, 0.15) is 27.2 Å². The van der Waals surface area contributed by atoms with Crippen molar-refractivity contribution in [1.29, 1.82) is 0 Å². The van der Waals surface area contributed by atoms with Crippen LogP contribution in [0.15, 0.2) is 60.0 Å². The molecule has 0 aliphatic rings. The van der Waals surface area contributed by atoms with Gasteiger partial charge in [-0.15, -0.1) is 0 Å². The SMILES string of the molecule is COC(=O)c1[nH]c2ccc(Cn3cncn3)cc2c1CCOS(=O)(=O)c1ccc(C)cc1. The summed E-state index contributed by atoms with van der Waals surface area (Å²) >= 11 is 0. The second-order valence-corrected chi connectivity index (χ2v) is 8.90. The number of carbonyl (C=O) groups is 1. The van der Waals surface area contributed by atoms with Gasteiger partial charge in [-0.2, -0.15) is 13.5 Å². The number of aromatic nitrogens is 4. The Morgan fingerprint density at radius 3 is 2.62 bits per heavy atom. The van der Waals surface area contributed by atoms with Gasteiger partial charge >= 0.3 is 5.97 Å². The Kier molecular flexibility index (Phi) is 6.06. The highest BCUT2D eigenvalue weighted by atomic mass is 32.2. The molecule has 0 aliphatic carbocycles. The van der Waals surface area contributed by atoms with E-state index in [1.54, 1.807) is 23.1 Å². The van der Waals surface area contributed by atoms with E-state index in [1.807, 2.05) is 25.1 Å². The minimum Gasteiger partial charge on any atom is -0.464 e. The van der Waals surface area contributed by atoms with Gasteiger partial charge in [-0.3, -0.25) is 4.18 Å². The number of ether oxygens (including phenoxy) is 1. The topological polar surface area (TPSA) is 116 Å². The van der Waals surface area contributed by atoms with Crippen LogP contribution in [0.3, 0.4) is 0 Å². The molecule has 4 aromatic rings. The first-order valence-electron chi connectivity index (χ1n) is 9.87. The maximum Gasteiger partial charge on any atom is 0.354 e. The molecule has 4 rings (SSSR count). The van der Waals surface area contributed by atoms with Gasteiger partial charge in [0.15, 0.2) is 0 Å². The molecule has 2 heterocycles. The van der Waals surface area contributed by atoms with E-state index in [1.165, 1.54) is 25.6 Å². The number of aromatic amines is 1. The summed E-state index contributed by atoms with van der Waals surface area (Å²) in [6.45, 7) is 2.26. The van der Waals surface area contributed by atoms with Crippen LogP contribution in [0.5, 0.6) is 0 Å². The molecule has 2 aromatic heterocycles. The van der Waals surface area contributed by atoms with Crippen molar-refractivity contribution in [2.75, 3.05) is 13.7 Å². The zero-order chi connectivity index (χ0) is 22.7. The molecule has 0 saturated heterocycles. The Hall–Kier alpha value is -3.50. The van der Waals surface area contributed by atoms with E-state index in [0.29, 0.717) is 12.1 Å². The lowest BCUT2D eigenvalue weighted by Gasteiger charge is -2.08. The summed E-state index contributed by atoms with van der Waals surface area (Å²) in [6.07, 6.45) is 3.27. The van der Waals surface area contributed by atoms with Gasteiger partial charge in [-0.05, 0) is 42.3 Å². The fraction of sp³-hybridized carbons (Fsp3) is 0.227. The number of rotatable bonds is 8. The molecule has 0 amide bonds. The number of methoxy groups -OCH3 is 1. The molecule has 10 heteroatoms. The van der Waals surface area contributed by atoms with Gasteiger partial charge in [0.05, 0.1) is 25.2 Å². The number of H-pyrrole nitrogens is 1. The highest BCUT2D eigenvalue weighted by Crippen LogP contribution is 2.26. The van der Waals surface area contributed by atoms with Gasteiger partial charge in [-0.25, -0.2) is 14.5 Å². The van der Waals surface area contributed by atoms with Gasteiger partial charge in [0.25, 0.3) is 10.1 Å². The van der Waals surface area contributed by atoms with Crippen LogP contribution in [-0.4, -0.2) is 47.9 Å². The average molecular weight is 455 g/mol. The van der Waals surface area contributed by atoms with Crippen LogP contribution in [0.4, 0.5) is 0 Å². The van der Waals surface area contributed by atoms with Crippen LogP contribution in [0.2, 0.25) is 0 Å². The first kappa shape index (κ1) is 21.7. The van der Waals surface area contributed by atoms with Crippen LogP contribution < -0.4 is 0 Å². The Morgan fingerprint density at radius 1 is 1.16 bits per heavy atom. The Balaban J connectivity index is 1.60. The van der Waals surface area contributed by atoms with Crippen molar-refractivity contribution in [3.05, 3.63) is 77.5 Å². The molecule has 32 heavy (non-hydrogen) atoms. The molecular formula is C22H22N4O5S. The lowest BCUT2D eigenvalue weighted by molar-refractivity contribution is 0.0593. The minimum absolute atomic E-state index is 0.0883. The molecule has 2 aromatic carbocycles. The number of aryl methyl sites for hydroxylation is 1. The summed E-state index contributed by atoms with van der Waals surface area (Å²) < 4.78 is 36.8. The van der Waals surface area contributed by atoms with E-state index in [-0.39, 0.29) is 23.6 Å². The number of esters is 1. The standard InChI is InChI=1S/C22H22N4O5S/c1-15-3-6-17(7-4-15)32(28,29)31-10-9-18-19-11-16(12-26-14-23-13-24-26)5-8-20(19)25-21(18)22(27)30-2/h3-8,11,13-14,25H,9-10,12H2,1-2H3. The fourth-order valence-corrected chi connectivity index (χ4v) is 4.37. The van der Waals surface area contributed by atoms with Crippen LogP contribution in [0.25, 0.3) is 10.9 Å². The molecule has 1 N–H and O–H groups in total. The average Bonchev–Trinajstić information content (AvgIpc) is 3.41. The molecule has 0 atom stereocenters. The van der Waals surface area contributed by atoms with Crippen molar-refractivity contribution >= 4 is 27.0 Å². The molecule has 0 unspecified atom stereocenters. The first-order valence-corrected chi connectivity index (χ1v) is 11.3. The molecule has 0 saturated carbocycles. The molecule has 0 radical (unpaired) electrons. The highest BCUT2D eigenvalue weighted by molar-refractivity contribution is 7.86. The van der Waals surface area contributed by atoms with Crippen molar-refractivity contribution in [2.45, 2.75) is 24.8 Å². The molecule has 0 aliphatic heterocycles. The highest BCUT2D eigenvalue weighted by Gasteiger charge is 2.21. The van der Waals surface area contributed by atoms with Crippen molar-refractivity contribution in [3.63, 3.8) is 0 Å². The van der Waals surface area contributed by atoms with Crippen molar-refractivity contribution in [1.82, 2.24) is 19.7 Å². The minimum atomic E-state index is -3.91. The lowest BCUT2D eigenvalue weighted by Crippen LogP contribution is -2.11. The number of fused-ring (bicyclic) bond motifs is 1. The zero-order valence-electron chi connectivity index (χ0n) is 17.6. The second-order valence-electron chi connectivity index (χ2n) is 7.28. The van der Waals surface area contributed by atoms with Crippen molar-refractivity contribution in [2.24, 2.45) is 0 Å². The predicted octanol–water partition coefficient (Wildman–Crippen LogP) is 2.85. The van der Waals surface area contributed by atoms with E-state index >= 15 is 0 Å². The third-order valence-corrected chi connectivity index (χ3v) is 6.40. The quantitative estimate of drug-likeness (QED) is 0.321. The zero-order valence-corrected chi connectivity index (χ0v) is 18.4. The summed E-state index contributed by atoms with van der Waals surface area (Å²) in [5.74, 6) is -0.532. The van der Waals surface area contributed by atoms with Gasteiger partial charge < -0.3 is 9.72 Å². The monoisotopic (exact) mass is 454 g/mol. The molecule has 166 valence electrons. The number of hydrogen-bond donors (Lipinski definition) is 1. The largest absolute Gasteiger partial charge is 0.464 e. The summed E-state index contributed by atoms with van der Waals surface area (Å²) in [5, 5.41) is 4.90. The number of nitrogens with zero attached hydrogens (tertiary/aromatic N) is 3. The van der Waals surface area contributed by atoms with E-state index in [9.17, 15) is 13.2 Å². The normalized spacial score (nSPS) is 11.7. The van der Waals surface area contributed by atoms with Crippen molar-refractivity contribution in [3.8, 4) is 0 Å². The van der Waals surface area contributed by atoms with Gasteiger partial charge in [0, 0.05) is 17.3 Å². The van der Waals surface area contributed by atoms with Crippen LogP contribution >= 0.6 is 0 Å². The molecule has 9 nitrogen and oxygen atoms in total. The lowest BCUT2D eigenvalue weighted by atomic mass is 10.1. The third kappa shape index (κ3) is 4.56. The Bertz CT molecular complexity index is 1340. The van der Waals surface area contributed by atoms with Crippen LogP contribution in [0, 0.1) is 6.92 Å². The first-order chi connectivity index (χ1) is 15.4. The van der Waals surface area contributed by atoms with E-state index in [0.717, 1.165) is 22.0 Å². The summed E-state index contributed by atoms with van der Waals surface area (Å²) in [6, 6.07) is 12.2.